The summed E-state index contributed by atoms with van der Waals surface area (Å²) in [6.07, 6.45) is 6.11. The highest BCUT2D eigenvalue weighted by Crippen LogP contribution is 2.55. The Hall–Kier alpha value is -0.870. The van der Waals surface area contributed by atoms with Gasteiger partial charge in [0.15, 0.2) is 11.0 Å². The van der Waals surface area contributed by atoms with Crippen LogP contribution >= 0.6 is 23.2 Å². The van der Waals surface area contributed by atoms with E-state index in [0.29, 0.717) is 17.7 Å². The summed E-state index contributed by atoms with van der Waals surface area (Å²) in [5.41, 5.74) is 0. The molecule has 2 aliphatic rings. The molecule has 1 aromatic rings. The molecule has 0 aliphatic heterocycles. The zero-order valence-electron chi connectivity index (χ0n) is 9.70. The minimum absolute atomic E-state index is 0.0172. The van der Waals surface area contributed by atoms with Gasteiger partial charge in [0, 0.05) is 5.92 Å². The predicted molar refractivity (Wildman–Crippen MR) is 69.6 cm³/mol. The van der Waals surface area contributed by atoms with Crippen LogP contribution in [-0.4, -0.2) is 15.9 Å². The van der Waals surface area contributed by atoms with Crippen molar-refractivity contribution in [2.75, 3.05) is 5.32 Å². The van der Waals surface area contributed by atoms with Crippen molar-refractivity contribution in [1.29, 1.82) is 0 Å². The Morgan fingerprint density at radius 1 is 1.22 bits per heavy atom. The second-order valence-corrected chi connectivity index (χ2v) is 5.69. The van der Waals surface area contributed by atoms with E-state index < -0.39 is 0 Å². The predicted octanol–water partition coefficient (Wildman–Crippen LogP) is 3.16. The van der Waals surface area contributed by atoms with Crippen LogP contribution in [0.25, 0.3) is 0 Å². The topological polar surface area (TPSA) is 54.9 Å². The molecule has 0 saturated heterocycles. The number of carbonyl (C=O) groups excluding carboxylic acids is 1. The molecule has 0 radical (unpaired) electrons. The summed E-state index contributed by atoms with van der Waals surface area (Å²) in [6, 6.07) is 0. The summed E-state index contributed by atoms with van der Waals surface area (Å²) >= 11 is 11.7. The van der Waals surface area contributed by atoms with E-state index in [0.717, 1.165) is 0 Å². The summed E-state index contributed by atoms with van der Waals surface area (Å²) in [5.74, 6) is 1.59. The molecule has 1 aromatic heterocycles. The average molecular weight is 286 g/mol. The molecule has 0 aromatic carbocycles. The van der Waals surface area contributed by atoms with Gasteiger partial charge < -0.3 is 5.32 Å². The van der Waals surface area contributed by atoms with Crippen LogP contribution < -0.4 is 5.32 Å². The number of amides is 1. The van der Waals surface area contributed by atoms with Crippen molar-refractivity contribution in [1.82, 2.24) is 9.97 Å². The lowest BCUT2D eigenvalue weighted by molar-refractivity contribution is -0.117. The van der Waals surface area contributed by atoms with Crippen molar-refractivity contribution in [3.63, 3.8) is 0 Å². The maximum atomic E-state index is 12.1. The lowest BCUT2D eigenvalue weighted by Crippen LogP contribution is -2.17. The van der Waals surface area contributed by atoms with E-state index in [1.807, 2.05) is 0 Å². The second-order valence-electron chi connectivity index (χ2n) is 4.95. The molecule has 2 fully saturated rings. The molecular formula is C12H13Cl2N3O. The summed E-state index contributed by atoms with van der Waals surface area (Å²) in [5, 5.41) is 3.13. The van der Waals surface area contributed by atoms with Gasteiger partial charge in [-0.2, -0.15) is 0 Å². The van der Waals surface area contributed by atoms with Crippen molar-refractivity contribution >= 4 is 34.9 Å². The molecule has 1 heterocycles. The maximum Gasteiger partial charge on any atom is 0.229 e. The maximum absolute atomic E-state index is 12.1. The molecule has 4 nitrogen and oxygen atoms in total. The van der Waals surface area contributed by atoms with Crippen LogP contribution in [-0.2, 0) is 4.79 Å². The zero-order valence-corrected chi connectivity index (χ0v) is 11.2. The molecule has 2 saturated carbocycles. The average Bonchev–Trinajstić information content (AvgIpc) is 3.09. The van der Waals surface area contributed by atoms with E-state index in [9.17, 15) is 4.79 Å². The Bertz CT molecular complexity index is 482. The minimum Gasteiger partial charge on any atom is -0.309 e. The van der Waals surface area contributed by atoms with Gasteiger partial charge in [0.05, 0.1) is 0 Å². The van der Waals surface area contributed by atoms with Gasteiger partial charge in [-0.15, -0.1) is 0 Å². The lowest BCUT2D eigenvalue weighted by Gasteiger charge is -2.05. The van der Waals surface area contributed by atoms with Crippen molar-refractivity contribution in [2.24, 2.45) is 17.8 Å². The third-order valence-corrected chi connectivity index (χ3v) is 4.69. The van der Waals surface area contributed by atoms with Crippen molar-refractivity contribution in [3.05, 3.63) is 16.5 Å². The molecule has 0 spiro atoms. The third kappa shape index (κ3) is 2.08. The first-order valence-corrected chi connectivity index (χ1v) is 6.91. The van der Waals surface area contributed by atoms with Crippen LogP contribution in [0, 0.1) is 17.8 Å². The highest BCUT2D eigenvalue weighted by molar-refractivity contribution is 6.42. The first kappa shape index (κ1) is 12.2. The molecular weight excluding hydrogens is 273 g/mol. The summed E-state index contributed by atoms with van der Waals surface area (Å²) in [4.78, 5) is 19.8. The van der Waals surface area contributed by atoms with Crippen LogP contribution in [0.1, 0.15) is 25.7 Å². The molecule has 2 aliphatic carbocycles. The van der Waals surface area contributed by atoms with Crippen LogP contribution in [0.3, 0.4) is 0 Å². The SMILES string of the molecule is O=C(Nc1ncnc(Cl)c1Cl)C1C2CCCCC21. The van der Waals surface area contributed by atoms with Crippen LogP contribution in [0.2, 0.25) is 10.2 Å². The molecule has 1 N–H and O–H groups in total. The molecule has 6 heteroatoms. The molecule has 2 atom stereocenters. The first-order valence-electron chi connectivity index (χ1n) is 6.15. The summed E-state index contributed by atoms with van der Waals surface area (Å²) < 4.78 is 0. The molecule has 1 amide bonds. The number of hydrogen-bond donors (Lipinski definition) is 1. The number of carbonyl (C=O) groups is 1. The van der Waals surface area contributed by atoms with Gasteiger partial charge in [-0.3, -0.25) is 4.79 Å². The van der Waals surface area contributed by atoms with Gasteiger partial charge in [0.2, 0.25) is 5.91 Å². The largest absolute Gasteiger partial charge is 0.309 e. The fourth-order valence-corrected chi connectivity index (χ4v) is 3.29. The Labute approximate surface area is 115 Å². The minimum atomic E-state index is 0.0172. The van der Waals surface area contributed by atoms with Gasteiger partial charge in [0.25, 0.3) is 0 Å². The highest BCUT2D eigenvalue weighted by atomic mass is 35.5. The highest BCUT2D eigenvalue weighted by Gasteiger charge is 2.54. The van der Waals surface area contributed by atoms with E-state index in [1.165, 1.54) is 32.0 Å². The number of nitrogens with one attached hydrogen (secondary N) is 1. The number of anilines is 1. The van der Waals surface area contributed by atoms with Crippen molar-refractivity contribution < 1.29 is 4.79 Å². The summed E-state index contributed by atoms with van der Waals surface area (Å²) in [6.45, 7) is 0. The number of halogens is 2. The van der Waals surface area contributed by atoms with Crippen molar-refractivity contribution in [3.8, 4) is 0 Å². The van der Waals surface area contributed by atoms with E-state index in [2.05, 4.69) is 15.3 Å². The van der Waals surface area contributed by atoms with E-state index in [1.54, 1.807) is 0 Å². The molecule has 3 rings (SSSR count). The van der Waals surface area contributed by atoms with Crippen LogP contribution in [0.4, 0.5) is 5.82 Å². The normalized spacial score (nSPS) is 29.6. The number of fused-ring (bicyclic) bond motifs is 1. The van der Waals surface area contributed by atoms with E-state index >= 15 is 0 Å². The Kier molecular flexibility index (Phi) is 3.16. The third-order valence-electron chi connectivity index (χ3n) is 3.95. The van der Waals surface area contributed by atoms with Gasteiger partial charge in [0.1, 0.15) is 11.3 Å². The van der Waals surface area contributed by atoms with Crippen molar-refractivity contribution in [2.45, 2.75) is 25.7 Å². The number of aromatic nitrogens is 2. The number of nitrogens with zero attached hydrogens (tertiary/aromatic N) is 2. The molecule has 96 valence electrons. The summed E-state index contributed by atoms with van der Waals surface area (Å²) in [7, 11) is 0. The van der Waals surface area contributed by atoms with Gasteiger partial charge in [-0.1, -0.05) is 36.0 Å². The molecule has 2 unspecified atom stereocenters. The molecule has 0 bridgehead atoms. The van der Waals surface area contributed by atoms with Gasteiger partial charge in [-0.05, 0) is 24.7 Å². The zero-order chi connectivity index (χ0) is 12.7. The fraction of sp³-hybridized carbons (Fsp3) is 0.583. The fourth-order valence-electron chi connectivity index (χ4n) is 3.02. The van der Waals surface area contributed by atoms with E-state index in [-0.39, 0.29) is 22.0 Å². The van der Waals surface area contributed by atoms with Gasteiger partial charge >= 0.3 is 0 Å². The second kappa shape index (κ2) is 4.67. The first-order chi connectivity index (χ1) is 8.68. The van der Waals surface area contributed by atoms with E-state index in [4.69, 9.17) is 23.2 Å². The standard InChI is InChI=1S/C12H13Cl2N3O/c13-9-10(14)15-5-16-11(9)17-12(18)8-6-3-1-2-4-7(6)8/h5-8H,1-4H2,(H,15,16,17,18). The van der Waals surface area contributed by atoms with Crippen LogP contribution in [0.15, 0.2) is 6.33 Å². The quantitative estimate of drug-likeness (QED) is 0.850. The number of rotatable bonds is 2. The molecule has 18 heavy (non-hydrogen) atoms. The number of hydrogen-bond acceptors (Lipinski definition) is 3. The Morgan fingerprint density at radius 2 is 1.89 bits per heavy atom. The Morgan fingerprint density at radius 3 is 2.56 bits per heavy atom. The van der Waals surface area contributed by atoms with Gasteiger partial charge in [-0.25, -0.2) is 9.97 Å². The Balaban J connectivity index is 1.70. The lowest BCUT2D eigenvalue weighted by atomic mass is 10.0. The smallest absolute Gasteiger partial charge is 0.229 e. The van der Waals surface area contributed by atoms with Crippen LogP contribution in [0.5, 0.6) is 0 Å². The monoisotopic (exact) mass is 285 g/mol.